The molecule has 1 aromatic heterocycles. The van der Waals surface area contributed by atoms with Crippen molar-refractivity contribution < 1.29 is 5.11 Å². The van der Waals surface area contributed by atoms with E-state index in [9.17, 15) is 5.11 Å². The highest BCUT2D eigenvalue weighted by atomic mass is 16.3. The number of nitrogens with zero attached hydrogens (tertiary/aromatic N) is 1. The molecule has 0 atom stereocenters. The molecule has 2 nitrogen and oxygen atoms in total. The first-order valence-electron chi connectivity index (χ1n) is 7.49. The number of aromatic nitrogens is 1. The quantitative estimate of drug-likeness (QED) is 0.560. The van der Waals surface area contributed by atoms with Crippen LogP contribution >= 0.6 is 0 Å². The van der Waals surface area contributed by atoms with Gasteiger partial charge in [-0.15, -0.1) is 0 Å². The molecule has 0 aliphatic carbocycles. The first-order chi connectivity index (χ1) is 10.8. The number of phenols is 1. The lowest BCUT2D eigenvalue weighted by Gasteiger charge is -2.10. The average Bonchev–Trinajstić information content (AvgIpc) is 2.85. The van der Waals surface area contributed by atoms with Crippen LogP contribution in [-0.4, -0.2) is 9.67 Å². The average molecular weight is 287 g/mol. The predicted octanol–water partition coefficient (Wildman–Crippen LogP) is 4.86. The van der Waals surface area contributed by atoms with Gasteiger partial charge >= 0.3 is 0 Å². The highest BCUT2D eigenvalue weighted by molar-refractivity contribution is 6.11. The summed E-state index contributed by atoms with van der Waals surface area (Å²) in [6.45, 7) is 2.95. The molecule has 2 heteroatoms. The number of benzene rings is 3. The zero-order valence-electron chi connectivity index (χ0n) is 12.5. The van der Waals surface area contributed by atoms with E-state index in [1.165, 1.54) is 11.1 Å². The van der Waals surface area contributed by atoms with E-state index in [4.69, 9.17) is 0 Å². The molecule has 0 saturated heterocycles. The largest absolute Gasteiger partial charge is 0.507 e. The molecule has 22 heavy (non-hydrogen) atoms. The van der Waals surface area contributed by atoms with Crippen LogP contribution in [-0.2, 0) is 6.54 Å². The van der Waals surface area contributed by atoms with Crippen molar-refractivity contribution in [1.29, 1.82) is 0 Å². The van der Waals surface area contributed by atoms with Gasteiger partial charge in [0.2, 0.25) is 0 Å². The van der Waals surface area contributed by atoms with Gasteiger partial charge < -0.3 is 9.67 Å². The normalized spacial score (nSPS) is 11.3. The fourth-order valence-corrected chi connectivity index (χ4v) is 3.21. The Balaban J connectivity index is 2.03. The lowest BCUT2D eigenvalue weighted by Crippen LogP contribution is -2.00. The Kier molecular flexibility index (Phi) is 2.90. The number of fused-ring (bicyclic) bond motifs is 3. The van der Waals surface area contributed by atoms with Gasteiger partial charge in [-0.25, -0.2) is 0 Å². The summed E-state index contributed by atoms with van der Waals surface area (Å²) in [5.74, 6) is 0.345. The van der Waals surface area contributed by atoms with Crippen molar-refractivity contribution in [3.8, 4) is 5.75 Å². The number of rotatable bonds is 2. The van der Waals surface area contributed by atoms with Crippen molar-refractivity contribution >= 4 is 21.8 Å². The standard InChI is InChI=1S/C20H17NO/c1-14-7-2-3-8-15(14)13-21-17-10-5-4-9-16(17)20-18(21)11-6-12-19(20)22/h2-12,22H,13H2,1H3. The van der Waals surface area contributed by atoms with Crippen molar-refractivity contribution in [2.24, 2.45) is 0 Å². The van der Waals surface area contributed by atoms with Crippen LogP contribution in [0.1, 0.15) is 11.1 Å². The van der Waals surface area contributed by atoms with E-state index in [2.05, 4.69) is 54.0 Å². The van der Waals surface area contributed by atoms with Crippen molar-refractivity contribution in [2.45, 2.75) is 13.5 Å². The van der Waals surface area contributed by atoms with E-state index in [-0.39, 0.29) is 0 Å². The Labute approximate surface area is 129 Å². The number of para-hydroxylation sites is 1. The first-order valence-corrected chi connectivity index (χ1v) is 7.49. The summed E-state index contributed by atoms with van der Waals surface area (Å²) in [5, 5.41) is 12.3. The third-order valence-electron chi connectivity index (χ3n) is 4.37. The Morgan fingerprint density at radius 1 is 0.818 bits per heavy atom. The fraction of sp³-hybridized carbons (Fsp3) is 0.100. The van der Waals surface area contributed by atoms with E-state index in [0.717, 1.165) is 28.4 Å². The van der Waals surface area contributed by atoms with E-state index < -0.39 is 0 Å². The fourth-order valence-electron chi connectivity index (χ4n) is 3.21. The molecule has 0 fully saturated rings. The van der Waals surface area contributed by atoms with Crippen molar-refractivity contribution in [1.82, 2.24) is 4.57 Å². The molecule has 0 radical (unpaired) electrons. The van der Waals surface area contributed by atoms with Crippen LogP contribution in [0, 0.1) is 6.92 Å². The molecular weight excluding hydrogens is 270 g/mol. The summed E-state index contributed by atoms with van der Waals surface area (Å²) in [5.41, 5.74) is 4.81. The van der Waals surface area contributed by atoms with Gasteiger partial charge in [-0.3, -0.25) is 0 Å². The van der Waals surface area contributed by atoms with Gasteiger partial charge in [-0.1, -0.05) is 48.5 Å². The number of aromatic hydroxyl groups is 1. The van der Waals surface area contributed by atoms with Gasteiger partial charge in [0, 0.05) is 22.8 Å². The monoisotopic (exact) mass is 287 g/mol. The minimum Gasteiger partial charge on any atom is -0.507 e. The van der Waals surface area contributed by atoms with Gasteiger partial charge in [0.1, 0.15) is 5.75 Å². The molecule has 0 aliphatic rings. The molecule has 1 heterocycles. The Morgan fingerprint density at radius 3 is 2.41 bits per heavy atom. The Bertz CT molecular complexity index is 982. The van der Waals surface area contributed by atoms with Crippen LogP contribution in [0.15, 0.2) is 66.7 Å². The number of phenolic OH excluding ortho intramolecular Hbond substituents is 1. The van der Waals surface area contributed by atoms with Gasteiger partial charge in [-0.05, 0) is 36.2 Å². The summed E-state index contributed by atoms with van der Waals surface area (Å²) in [7, 11) is 0. The van der Waals surface area contributed by atoms with Crippen LogP contribution in [0.5, 0.6) is 5.75 Å². The van der Waals surface area contributed by atoms with E-state index in [0.29, 0.717) is 5.75 Å². The SMILES string of the molecule is Cc1ccccc1Cn1c2ccccc2c2c(O)cccc21. The molecular formula is C20H17NO. The minimum absolute atomic E-state index is 0.345. The van der Waals surface area contributed by atoms with Crippen LogP contribution in [0.25, 0.3) is 21.8 Å². The van der Waals surface area contributed by atoms with Crippen molar-refractivity contribution in [3.63, 3.8) is 0 Å². The number of aryl methyl sites for hydroxylation is 1. The molecule has 0 spiro atoms. The zero-order valence-corrected chi connectivity index (χ0v) is 12.5. The molecule has 1 N–H and O–H groups in total. The maximum atomic E-state index is 10.3. The topological polar surface area (TPSA) is 25.2 Å². The lowest BCUT2D eigenvalue weighted by atomic mass is 10.1. The lowest BCUT2D eigenvalue weighted by molar-refractivity contribution is 0.482. The summed E-state index contributed by atoms with van der Waals surface area (Å²) in [6.07, 6.45) is 0. The maximum Gasteiger partial charge on any atom is 0.125 e. The second-order valence-corrected chi connectivity index (χ2v) is 5.70. The van der Waals surface area contributed by atoms with E-state index in [1.54, 1.807) is 6.07 Å². The molecule has 0 amide bonds. The van der Waals surface area contributed by atoms with E-state index in [1.807, 2.05) is 18.2 Å². The molecule has 3 aromatic carbocycles. The molecule has 0 aliphatic heterocycles. The summed E-state index contributed by atoms with van der Waals surface area (Å²) < 4.78 is 2.28. The second kappa shape index (κ2) is 4.92. The third-order valence-corrected chi connectivity index (χ3v) is 4.37. The van der Waals surface area contributed by atoms with Crippen molar-refractivity contribution in [3.05, 3.63) is 77.9 Å². The van der Waals surface area contributed by atoms with Crippen LogP contribution in [0.2, 0.25) is 0 Å². The van der Waals surface area contributed by atoms with Gasteiger partial charge in [-0.2, -0.15) is 0 Å². The highest BCUT2D eigenvalue weighted by Crippen LogP contribution is 2.35. The van der Waals surface area contributed by atoms with Gasteiger partial charge in [0.05, 0.1) is 5.52 Å². The molecule has 4 rings (SSSR count). The van der Waals surface area contributed by atoms with Crippen LogP contribution in [0.4, 0.5) is 0 Å². The number of hydrogen-bond acceptors (Lipinski definition) is 1. The van der Waals surface area contributed by atoms with E-state index >= 15 is 0 Å². The summed E-state index contributed by atoms with van der Waals surface area (Å²) in [6, 6.07) is 22.5. The summed E-state index contributed by atoms with van der Waals surface area (Å²) in [4.78, 5) is 0. The molecule has 0 bridgehead atoms. The number of hydrogen-bond donors (Lipinski definition) is 1. The predicted molar refractivity (Wildman–Crippen MR) is 91.4 cm³/mol. The third kappa shape index (κ3) is 1.88. The Morgan fingerprint density at radius 2 is 1.55 bits per heavy atom. The van der Waals surface area contributed by atoms with Gasteiger partial charge in [0.15, 0.2) is 0 Å². The molecule has 0 saturated carbocycles. The molecule has 0 unspecified atom stereocenters. The van der Waals surface area contributed by atoms with Crippen LogP contribution in [0.3, 0.4) is 0 Å². The zero-order chi connectivity index (χ0) is 15.1. The second-order valence-electron chi connectivity index (χ2n) is 5.70. The smallest absolute Gasteiger partial charge is 0.125 e. The Hall–Kier alpha value is -2.74. The maximum absolute atomic E-state index is 10.3. The summed E-state index contributed by atoms with van der Waals surface area (Å²) >= 11 is 0. The highest BCUT2D eigenvalue weighted by Gasteiger charge is 2.13. The van der Waals surface area contributed by atoms with Crippen LogP contribution < -0.4 is 0 Å². The molecule has 108 valence electrons. The first kappa shape index (κ1) is 13.0. The van der Waals surface area contributed by atoms with Crippen molar-refractivity contribution in [2.75, 3.05) is 0 Å². The minimum atomic E-state index is 0.345. The molecule has 4 aromatic rings. The van der Waals surface area contributed by atoms with Gasteiger partial charge in [0.25, 0.3) is 0 Å².